The lowest BCUT2D eigenvalue weighted by molar-refractivity contribution is -0.0432. The van der Waals surface area contributed by atoms with E-state index in [1.54, 1.807) is 17.8 Å². The predicted octanol–water partition coefficient (Wildman–Crippen LogP) is 7.99. The molecule has 8 heteroatoms. The first-order chi connectivity index (χ1) is 21.9. The third kappa shape index (κ3) is 8.67. The van der Waals surface area contributed by atoms with E-state index in [4.69, 9.17) is 14.5 Å². The molecule has 1 aliphatic carbocycles. The molecule has 3 unspecified atom stereocenters. The zero-order chi connectivity index (χ0) is 31.6. The van der Waals surface area contributed by atoms with E-state index in [0.29, 0.717) is 17.6 Å². The number of aliphatic imine (C=N–C) groups is 1. The molecule has 1 heterocycles. The molecule has 0 spiro atoms. The lowest BCUT2D eigenvalue weighted by Gasteiger charge is -2.41. The Hall–Kier alpha value is -3.36. The number of methoxy groups -OCH3 is 1. The van der Waals surface area contributed by atoms with Crippen LogP contribution in [0.15, 0.2) is 89.9 Å². The lowest BCUT2D eigenvalue weighted by atomic mass is 9.74. The van der Waals surface area contributed by atoms with Gasteiger partial charge in [-0.05, 0) is 80.4 Å². The zero-order valence-electron chi connectivity index (χ0n) is 26.7. The summed E-state index contributed by atoms with van der Waals surface area (Å²) in [6, 6.07) is 28.0. The van der Waals surface area contributed by atoms with Crippen molar-refractivity contribution in [3.05, 3.63) is 107 Å². The van der Waals surface area contributed by atoms with Crippen LogP contribution in [-0.2, 0) is 21.6 Å². The predicted molar refractivity (Wildman–Crippen MR) is 181 cm³/mol. The Balaban J connectivity index is 1.32. The van der Waals surface area contributed by atoms with Crippen molar-refractivity contribution in [1.29, 1.82) is 0 Å². The minimum Gasteiger partial charge on any atom is -0.438 e. The van der Waals surface area contributed by atoms with E-state index in [1.165, 1.54) is 24.3 Å². The summed E-state index contributed by atoms with van der Waals surface area (Å²) in [5.41, 5.74) is 2.50. The average Bonchev–Trinajstić information content (AvgIpc) is 3.37. The molecule has 0 radical (unpaired) electrons. The largest absolute Gasteiger partial charge is 0.510 e. The van der Waals surface area contributed by atoms with Gasteiger partial charge in [0.1, 0.15) is 5.82 Å². The molecule has 2 aliphatic rings. The molecule has 0 bridgehead atoms. The van der Waals surface area contributed by atoms with E-state index in [1.807, 2.05) is 42.7 Å². The van der Waals surface area contributed by atoms with Crippen LogP contribution in [0.2, 0.25) is 0 Å². The fraction of sp³-hybridized carbons (Fsp3) is 0.459. The second-order valence-electron chi connectivity index (χ2n) is 12.6. The summed E-state index contributed by atoms with van der Waals surface area (Å²) in [7, 11) is 5.54. The van der Waals surface area contributed by atoms with Crippen molar-refractivity contribution in [2.75, 3.05) is 33.5 Å². The van der Waals surface area contributed by atoms with E-state index in [-0.39, 0.29) is 17.9 Å². The first-order valence-electron chi connectivity index (χ1n) is 16.0. The van der Waals surface area contributed by atoms with Crippen molar-refractivity contribution in [3.8, 4) is 0 Å². The van der Waals surface area contributed by atoms with E-state index >= 15 is 0 Å². The highest BCUT2D eigenvalue weighted by atomic mass is 32.2. The number of rotatable bonds is 13. The van der Waals surface area contributed by atoms with E-state index in [0.717, 1.165) is 56.4 Å². The average molecular weight is 632 g/mol. The van der Waals surface area contributed by atoms with Crippen molar-refractivity contribution in [1.82, 2.24) is 9.80 Å². The van der Waals surface area contributed by atoms with Gasteiger partial charge in [0.2, 0.25) is 5.72 Å². The van der Waals surface area contributed by atoms with Gasteiger partial charge in [0, 0.05) is 18.3 Å². The Morgan fingerprint density at radius 3 is 2.33 bits per heavy atom. The van der Waals surface area contributed by atoms with Crippen molar-refractivity contribution in [2.45, 2.75) is 62.1 Å². The zero-order valence-corrected chi connectivity index (χ0v) is 27.5. The highest BCUT2D eigenvalue weighted by Crippen LogP contribution is 2.43. The molecule has 5 rings (SSSR count). The highest BCUT2D eigenvalue weighted by Gasteiger charge is 2.50. The van der Waals surface area contributed by atoms with Gasteiger partial charge in [-0.15, -0.1) is 0 Å². The molecule has 1 aliphatic heterocycles. The van der Waals surface area contributed by atoms with Gasteiger partial charge in [0.25, 0.3) is 0 Å². The Labute approximate surface area is 272 Å². The minimum absolute atomic E-state index is 0.0991. The first kappa shape index (κ1) is 33.0. The van der Waals surface area contributed by atoms with Gasteiger partial charge < -0.3 is 19.3 Å². The standard InChI is InChI=1S/C37H46FN3O3S/c1-40(2)35(32-15-10-16-33(38)24-32)31-19-17-29(18-20-31)23-34-37(44-36(42)43-3,26-45-25-30-13-8-5-9-14-30)39-27-41(34)22-21-28-11-6-4-7-12-28/h4-16,24,27,29,31,34-35H,17-23,25-26H2,1-3H3. The summed E-state index contributed by atoms with van der Waals surface area (Å²) in [5, 5.41) is 0. The molecule has 0 N–H and O–H groups in total. The summed E-state index contributed by atoms with van der Waals surface area (Å²) >= 11 is 1.73. The van der Waals surface area contributed by atoms with Crippen LogP contribution in [0.3, 0.4) is 0 Å². The van der Waals surface area contributed by atoms with E-state index in [9.17, 15) is 9.18 Å². The summed E-state index contributed by atoms with van der Waals surface area (Å²) in [6.07, 6.45) is 7.21. The molecule has 3 atom stereocenters. The van der Waals surface area contributed by atoms with Crippen molar-refractivity contribution in [2.24, 2.45) is 16.8 Å². The summed E-state index contributed by atoms with van der Waals surface area (Å²) in [5.74, 6) is 2.07. The van der Waals surface area contributed by atoms with Crippen molar-refractivity contribution in [3.63, 3.8) is 0 Å². The third-order valence-corrected chi connectivity index (χ3v) is 10.5. The van der Waals surface area contributed by atoms with Crippen LogP contribution in [0, 0.1) is 17.7 Å². The number of hydrogen-bond donors (Lipinski definition) is 0. The van der Waals surface area contributed by atoms with Crippen LogP contribution in [-0.4, -0.2) is 67.6 Å². The Kier molecular flexibility index (Phi) is 11.6. The third-order valence-electron chi connectivity index (χ3n) is 9.34. The SMILES string of the molecule is COC(=O)OC1(CSCc2ccccc2)N=CN(CCc2ccccc2)C1CC1CCC(C(c2cccc(F)c2)N(C)C)CC1. The topological polar surface area (TPSA) is 54.4 Å². The van der Waals surface area contributed by atoms with Crippen LogP contribution in [0.25, 0.3) is 0 Å². The maximum atomic E-state index is 14.1. The molecule has 240 valence electrons. The molecule has 45 heavy (non-hydrogen) atoms. The molecular formula is C37H46FN3O3S. The minimum atomic E-state index is -1.03. The van der Waals surface area contributed by atoms with Gasteiger partial charge >= 0.3 is 6.16 Å². The Morgan fingerprint density at radius 1 is 1.00 bits per heavy atom. The lowest BCUT2D eigenvalue weighted by Crippen LogP contribution is -2.52. The number of hydrogen-bond acceptors (Lipinski definition) is 7. The number of carbonyl (C=O) groups excluding carboxylic acids is 1. The number of ether oxygens (including phenoxy) is 2. The maximum absolute atomic E-state index is 14.1. The van der Waals surface area contributed by atoms with Gasteiger partial charge in [0.05, 0.1) is 25.2 Å². The van der Waals surface area contributed by atoms with Crippen LogP contribution >= 0.6 is 11.8 Å². The van der Waals surface area contributed by atoms with Crippen LogP contribution in [0.1, 0.15) is 54.8 Å². The Morgan fingerprint density at radius 2 is 1.69 bits per heavy atom. The molecule has 0 saturated heterocycles. The molecule has 0 amide bonds. The van der Waals surface area contributed by atoms with Crippen LogP contribution in [0.5, 0.6) is 0 Å². The highest BCUT2D eigenvalue weighted by molar-refractivity contribution is 7.98. The second-order valence-corrected chi connectivity index (χ2v) is 13.6. The molecule has 1 saturated carbocycles. The smallest absolute Gasteiger partial charge is 0.438 e. The second kappa shape index (κ2) is 15.8. The molecule has 1 fully saturated rings. The molecule has 0 aromatic heterocycles. The molecule has 3 aromatic carbocycles. The summed E-state index contributed by atoms with van der Waals surface area (Å²) < 4.78 is 25.3. The van der Waals surface area contributed by atoms with Gasteiger partial charge in [-0.25, -0.2) is 14.2 Å². The molecule has 3 aromatic rings. The number of thioether (sulfide) groups is 1. The van der Waals surface area contributed by atoms with Gasteiger partial charge in [-0.2, -0.15) is 11.8 Å². The fourth-order valence-corrected chi connectivity index (χ4v) is 8.25. The number of benzene rings is 3. The molecule has 6 nitrogen and oxygen atoms in total. The fourth-order valence-electron chi connectivity index (χ4n) is 7.10. The van der Waals surface area contributed by atoms with E-state index in [2.05, 4.69) is 60.3 Å². The van der Waals surface area contributed by atoms with Crippen LogP contribution < -0.4 is 0 Å². The van der Waals surface area contributed by atoms with Gasteiger partial charge in [-0.1, -0.05) is 85.6 Å². The monoisotopic (exact) mass is 631 g/mol. The summed E-state index contributed by atoms with van der Waals surface area (Å²) in [4.78, 5) is 22.2. The van der Waals surface area contributed by atoms with Crippen LogP contribution in [0.4, 0.5) is 9.18 Å². The van der Waals surface area contributed by atoms with Gasteiger partial charge in [-0.3, -0.25) is 0 Å². The van der Waals surface area contributed by atoms with E-state index < -0.39 is 11.9 Å². The quantitative estimate of drug-likeness (QED) is 0.178. The van der Waals surface area contributed by atoms with Crippen molar-refractivity contribution < 1.29 is 18.7 Å². The first-order valence-corrected chi connectivity index (χ1v) is 17.2. The summed E-state index contributed by atoms with van der Waals surface area (Å²) in [6.45, 7) is 0.783. The number of carbonyl (C=O) groups is 1. The normalized spacial score (nSPS) is 23.7. The van der Waals surface area contributed by atoms with Crippen molar-refractivity contribution >= 4 is 24.3 Å². The maximum Gasteiger partial charge on any atom is 0.510 e. The number of nitrogens with zero attached hydrogens (tertiary/aromatic N) is 3. The Bertz CT molecular complexity index is 1380. The molecular weight excluding hydrogens is 585 g/mol. The number of halogens is 1. The van der Waals surface area contributed by atoms with Gasteiger partial charge in [0.15, 0.2) is 0 Å².